The van der Waals surface area contributed by atoms with Crippen molar-refractivity contribution in [2.75, 3.05) is 16.8 Å². The number of halogens is 2. The summed E-state index contributed by atoms with van der Waals surface area (Å²) in [5, 5.41) is 5.77. The Bertz CT molecular complexity index is 2260. The van der Waals surface area contributed by atoms with Crippen LogP contribution in [0, 0.1) is 35.4 Å². The number of rotatable bonds is 6. The molecule has 3 fully saturated rings. The minimum absolute atomic E-state index is 0.0260. The van der Waals surface area contributed by atoms with Gasteiger partial charge < -0.3 is 15.0 Å². The van der Waals surface area contributed by atoms with E-state index >= 15 is 0 Å². The highest BCUT2D eigenvalue weighted by atomic mass is 79.9. The molecule has 49 heavy (non-hydrogen) atoms. The van der Waals surface area contributed by atoms with Crippen molar-refractivity contribution < 1.29 is 23.5 Å². The number of imide groups is 1. The highest BCUT2D eigenvalue weighted by molar-refractivity contribution is 9.10. The molecule has 2 N–H and O–H groups in total. The molecule has 1 aromatic heterocycles. The summed E-state index contributed by atoms with van der Waals surface area (Å²) in [6, 6.07) is 24.8. The molecule has 2 bridgehead atoms. The van der Waals surface area contributed by atoms with Crippen LogP contribution >= 0.6 is 39.0 Å². The van der Waals surface area contributed by atoms with Gasteiger partial charge in [-0.2, -0.15) is 0 Å². The minimum atomic E-state index is -0.506. The van der Waals surface area contributed by atoms with E-state index in [0.717, 1.165) is 48.5 Å². The number of carbonyl (C=O) groups is 3. The third-order valence-corrected chi connectivity index (χ3v) is 13.6. The zero-order valence-corrected chi connectivity index (χ0v) is 28.8. The van der Waals surface area contributed by atoms with Crippen LogP contribution in [0.15, 0.2) is 99.2 Å². The highest BCUT2D eigenvalue weighted by Crippen LogP contribution is 2.69. The Kier molecular flexibility index (Phi) is 7.33. The summed E-state index contributed by atoms with van der Waals surface area (Å²) < 4.78 is 20.8. The summed E-state index contributed by atoms with van der Waals surface area (Å²) in [6.45, 7) is -0.233. The zero-order valence-electron chi connectivity index (χ0n) is 25.6. The van der Waals surface area contributed by atoms with Gasteiger partial charge in [-0.3, -0.25) is 24.1 Å². The highest BCUT2D eigenvalue weighted by Gasteiger charge is 2.69. The molecule has 0 spiro atoms. The molecular formula is C37H27BrFN3O5S2. The summed E-state index contributed by atoms with van der Waals surface area (Å²) in [6.07, 6.45) is 0.723. The number of amides is 3. The van der Waals surface area contributed by atoms with Gasteiger partial charge in [0.05, 0.1) is 22.5 Å². The van der Waals surface area contributed by atoms with Crippen LogP contribution in [0.1, 0.15) is 22.8 Å². The van der Waals surface area contributed by atoms with Crippen LogP contribution in [-0.4, -0.2) is 34.6 Å². The minimum Gasteiger partial charge on any atom is -0.483 e. The number of anilines is 2. The van der Waals surface area contributed by atoms with E-state index in [0.29, 0.717) is 17.1 Å². The van der Waals surface area contributed by atoms with E-state index in [-0.39, 0.29) is 58.1 Å². The van der Waals surface area contributed by atoms with E-state index in [9.17, 15) is 23.6 Å². The normalized spacial score (nSPS) is 26.5. The second kappa shape index (κ2) is 11.7. The van der Waals surface area contributed by atoms with Gasteiger partial charge in [0.2, 0.25) is 11.8 Å². The van der Waals surface area contributed by atoms with E-state index < -0.39 is 17.7 Å². The van der Waals surface area contributed by atoms with Crippen LogP contribution < -0.4 is 19.8 Å². The van der Waals surface area contributed by atoms with Crippen molar-refractivity contribution in [1.82, 2.24) is 4.98 Å². The lowest BCUT2D eigenvalue weighted by molar-refractivity contribution is -0.123. The van der Waals surface area contributed by atoms with Crippen LogP contribution in [0.5, 0.6) is 5.75 Å². The van der Waals surface area contributed by atoms with E-state index in [1.165, 1.54) is 29.2 Å². The summed E-state index contributed by atoms with van der Waals surface area (Å²) in [5.41, 5.74) is 1.86. The zero-order chi connectivity index (χ0) is 33.6. The first-order chi connectivity index (χ1) is 23.7. The number of fused-ring (bicyclic) bond motifs is 10. The Labute approximate surface area is 296 Å². The fourth-order valence-corrected chi connectivity index (χ4v) is 12.0. The van der Waals surface area contributed by atoms with Gasteiger partial charge >= 0.3 is 4.87 Å². The van der Waals surface area contributed by atoms with E-state index in [2.05, 4.69) is 26.2 Å². The predicted octanol–water partition coefficient (Wildman–Crippen LogP) is 7.19. The number of nitrogens with zero attached hydrogens (tertiary/aromatic N) is 1. The monoisotopic (exact) mass is 755 g/mol. The lowest BCUT2D eigenvalue weighted by Gasteiger charge is -2.43. The molecule has 3 amide bonds. The number of aromatic amines is 1. The van der Waals surface area contributed by atoms with Crippen LogP contribution in [0.2, 0.25) is 0 Å². The molecule has 7 atom stereocenters. The van der Waals surface area contributed by atoms with Crippen molar-refractivity contribution in [2.45, 2.75) is 22.6 Å². The van der Waals surface area contributed by atoms with Crippen molar-refractivity contribution in [3.63, 3.8) is 0 Å². The number of ether oxygens (including phenoxy) is 1. The molecule has 0 radical (unpaired) electrons. The molecule has 8 nitrogen and oxygen atoms in total. The van der Waals surface area contributed by atoms with Gasteiger partial charge in [0.15, 0.2) is 6.61 Å². The van der Waals surface area contributed by atoms with Crippen molar-refractivity contribution in [2.24, 2.45) is 29.6 Å². The van der Waals surface area contributed by atoms with Crippen molar-refractivity contribution in [3.8, 4) is 5.75 Å². The van der Waals surface area contributed by atoms with Gasteiger partial charge in [-0.05, 0) is 89.5 Å². The molecular weight excluding hydrogens is 729 g/mol. The third kappa shape index (κ3) is 4.98. The Morgan fingerprint density at radius 2 is 1.69 bits per heavy atom. The summed E-state index contributed by atoms with van der Waals surface area (Å²) in [5.74, 6) is -2.27. The average molecular weight is 757 g/mol. The Morgan fingerprint density at radius 3 is 2.49 bits per heavy atom. The number of H-pyrrole nitrogens is 1. The quantitative estimate of drug-likeness (QED) is 0.178. The molecule has 246 valence electrons. The summed E-state index contributed by atoms with van der Waals surface area (Å²) >= 11 is 6.38. The molecule has 2 saturated carbocycles. The number of aromatic nitrogens is 1. The smallest absolute Gasteiger partial charge is 0.305 e. The molecule has 0 unspecified atom stereocenters. The van der Waals surface area contributed by atoms with Gasteiger partial charge in [-0.15, -0.1) is 11.8 Å². The maximum absolute atomic E-state index is 14.0. The fourth-order valence-electron chi connectivity index (χ4n) is 8.71. The molecule has 3 heterocycles. The molecule has 4 aliphatic rings. The van der Waals surface area contributed by atoms with Crippen LogP contribution in [0.25, 0.3) is 10.8 Å². The summed E-state index contributed by atoms with van der Waals surface area (Å²) in [4.78, 5) is 58.8. The topological polar surface area (TPSA) is 109 Å². The van der Waals surface area contributed by atoms with Gasteiger partial charge in [0, 0.05) is 31.8 Å². The molecule has 9 rings (SSSR count). The van der Waals surface area contributed by atoms with Crippen LogP contribution in [0.3, 0.4) is 0 Å². The van der Waals surface area contributed by atoms with E-state index in [1.54, 1.807) is 11.8 Å². The van der Waals surface area contributed by atoms with Crippen LogP contribution in [0.4, 0.5) is 15.8 Å². The number of thiazole rings is 1. The first kappa shape index (κ1) is 30.8. The number of thioether (sulfide) groups is 1. The molecule has 2 aliphatic heterocycles. The standard InChI is InChI=1S/C37H27BrFN3O5S2/c38-19-6-12-26(47-16-27(43)40-21-9-5-17-3-1-2-4-18(17)13-21)23(14-19)28-29-24-15-25(32(29)48-34-33(28)49-37(46)41-34)31-30(24)35(44)42(36(31)45)22-10-7-20(39)8-11-22/h1-14,24-25,28-32H,15-16H2,(H,40,43)(H,41,46)/t24-,25-,28+,29-,30+,31+,32-/m1/s1. The maximum atomic E-state index is 14.0. The molecule has 5 aromatic rings. The average Bonchev–Trinajstić information content (AvgIpc) is 3.83. The fraction of sp³-hybridized carbons (Fsp3) is 0.243. The number of benzene rings is 4. The van der Waals surface area contributed by atoms with Crippen molar-refractivity contribution in [1.29, 1.82) is 0 Å². The Balaban J connectivity index is 1.04. The van der Waals surface area contributed by atoms with Gasteiger partial charge in [-0.1, -0.05) is 57.6 Å². The number of carbonyl (C=O) groups excluding carboxylic acids is 3. The molecule has 4 aromatic carbocycles. The second-order valence-corrected chi connectivity index (χ2v) is 16.1. The first-order valence-corrected chi connectivity index (χ1v) is 18.5. The third-order valence-electron chi connectivity index (χ3n) is 10.5. The first-order valence-electron chi connectivity index (χ1n) is 16.0. The van der Waals surface area contributed by atoms with Crippen molar-refractivity contribution in [3.05, 3.63) is 115 Å². The number of hydrogen-bond donors (Lipinski definition) is 2. The van der Waals surface area contributed by atoms with Crippen LogP contribution in [-0.2, 0) is 14.4 Å². The molecule has 1 saturated heterocycles. The SMILES string of the molecule is O=C(COc1ccc(Br)cc1[C@@H]1c2sc(=O)[nH]c2S[C@@H]2[C@@H]3C[C@@H]([C@@H]4C(=O)N(c5ccc(F)cc5)C(=O)[C@@H]34)[C@H]12)Nc1ccc2ccccc2c1. The molecule has 2 aliphatic carbocycles. The Morgan fingerprint density at radius 1 is 0.939 bits per heavy atom. The van der Waals surface area contributed by atoms with E-state index in [1.807, 2.05) is 60.7 Å². The predicted molar refractivity (Wildman–Crippen MR) is 190 cm³/mol. The maximum Gasteiger partial charge on any atom is 0.305 e. The summed E-state index contributed by atoms with van der Waals surface area (Å²) in [7, 11) is 0. The lowest BCUT2D eigenvalue weighted by Crippen LogP contribution is -2.42. The molecule has 12 heteroatoms. The van der Waals surface area contributed by atoms with E-state index in [4.69, 9.17) is 4.74 Å². The number of nitrogens with one attached hydrogen (secondary N) is 2. The van der Waals surface area contributed by atoms with Gasteiger partial charge in [0.25, 0.3) is 5.91 Å². The number of hydrogen-bond acceptors (Lipinski definition) is 7. The Hall–Kier alpha value is -4.26. The van der Waals surface area contributed by atoms with Gasteiger partial charge in [-0.25, -0.2) is 4.39 Å². The second-order valence-electron chi connectivity index (χ2n) is 13.0. The van der Waals surface area contributed by atoms with Gasteiger partial charge in [0.1, 0.15) is 11.6 Å². The largest absolute Gasteiger partial charge is 0.483 e. The lowest BCUT2D eigenvalue weighted by atomic mass is 9.68. The van der Waals surface area contributed by atoms with Crippen molar-refractivity contribution >= 4 is 78.9 Å².